The quantitative estimate of drug-likeness (QED) is 0.774. The molecule has 0 aromatic carbocycles. The van der Waals surface area contributed by atoms with E-state index >= 15 is 0 Å². The summed E-state index contributed by atoms with van der Waals surface area (Å²) < 4.78 is 31.7. The minimum absolute atomic E-state index is 0.0737. The summed E-state index contributed by atoms with van der Waals surface area (Å²) in [6, 6.07) is 0.156. The average molecular weight is 357 g/mol. The number of nitrogens with one attached hydrogen (secondary N) is 2. The Balaban J connectivity index is 0.000000277. The number of alkyl halides is 3. The predicted molar refractivity (Wildman–Crippen MR) is 84.7 cm³/mol. The second-order valence-electron chi connectivity index (χ2n) is 5.60. The number of aromatic amines is 1. The number of nitrogens with zero attached hydrogens (tertiary/aromatic N) is 1. The molecule has 3 rings (SSSR count). The number of likely N-dealkylation sites (N-methyl/N-ethyl adjacent to an activating group) is 1. The van der Waals surface area contributed by atoms with E-state index in [1.807, 2.05) is 31.6 Å². The van der Waals surface area contributed by atoms with Gasteiger partial charge in [0.15, 0.2) is 0 Å². The average Bonchev–Trinajstić information content (AvgIpc) is 2.96. The minimum atomic E-state index is -5.08. The van der Waals surface area contributed by atoms with Crippen LogP contribution in [0.4, 0.5) is 13.2 Å². The fraction of sp³-hybridized carbons (Fsp3) is 0.375. The van der Waals surface area contributed by atoms with Crippen LogP contribution in [-0.2, 0) is 4.79 Å². The molecule has 2 heterocycles. The zero-order chi connectivity index (χ0) is 18.8. The number of carboxylic acid groups (broad SMARTS) is 1. The van der Waals surface area contributed by atoms with Crippen LogP contribution in [0.5, 0.6) is 0 Å². The number of allylic oxidation sites excluding steroid dienone is 1. The number of hydrogen-bond donors (Lipinski definition) is 3. The van der Waals surface area contributed by atoms with Crippen LogP contribution in [0.15, 0.2) is 24.2 Å². The molecule has 2 aliphatic rings. The molecule has 0 saturated carbocycles. The molecule has 1 aromatic rings. The maximum Gasteiger partial charge on any atom is 0.490 e. The molecule has 9 heteroatoms. The number of H-pyrrole nitrogens is 1. The molecule has 0 fully saturated rings. The third kappa shape index (κ3) is 3.86. The molecule has 0 radical (unpaired) electrons. The molecule has 0 spiro atoms. The molecule has 1 unspecified atom stereocenters. The van der Waals surface area contributed by atoms with E-state index in [1.54, 1.807) is 0 Å². The van der Waals surface area contributed by atoms with Gasteiger partial charge in [0, 0.05) is 31.6 Å². The van der Waals surface area contributed by atoms with Crippen LogP contribution in [0.3, 0.4) is 0 Å². The summed E-state index contributed by atoms with van der Waals surface area (Å²) in [5, 5.41) is 10.3. The first-order valence-corrected chi connectivity index (χ1v) is 7.58. The topological polar surface area (TPSA) is 85.4 Å². The Morgan fingerprint density at radius 2 is 2.08 bits per heavy atom. The summed E-state index contributed by atoms with van der Waals surface area (Å²) in [6.07, 6.45) is 3.95. The van der Waals surface area contributed by atoms with Crippen LogP contribution >= 0.6 is 0 Å². The van der Waals surface area contributed by atoms with E-state index in [-0.39, 0.29) is 11.8 Å². The molecule has 1 aliphatic carbocycles. The van der Waals surface area contributed by atoms with Gasteiger partial charge in [-0.25, -0.2) is 4.79 Å². The van der Waals surface area contributed by atoms with Gasteiger partial charge in [-0.15, -0.1) is 0 Å². The number of halogens is 3. The number of aromatic nitrogens is 1. The van der Waals surface area contributed by atoms with Crippen LogP contribution in [0.25, 0.3) is 6.08 Å². The van der Waals surface area contributed by atoms with Gasteiger partial charge >= 0.3 is 12.1 Å². The van der Waals surface area contributed by atoms with Crippen LogP contribution in [-0.4, -0.2) is 46.5 Å². The summed E-state index contributed by atoms with van der Waals surface area (Å²) in [6.45, 7) is 2.92. The third-order valence-electron chi connectivity index (χ3n) is 3.78. The van der Waals surface area contributed by atoms with E-state index in [1.165, 1.54) is 0 Å². The molecule has 3 N–H and O–H groups in total. The fourth-order valence-corrected chi connectivity index (χ4v) is 2.56. The van der Waals surface area contributed by atoms with Crippen LogP contribution in [0.1, 0.15) is 41.0 Å². The first kappa shape index (κ1) is 18.6. The molecule has 6 nitrogen and oxygen atoms in total. The largest absolute Gasteiger partial charge is 0.490 e. The van der Waals surface area contributed by atoms with Crippen molar-refractivity contribution in [3.05, 3.63) is 41.0 Å². The number of hydrogen-bond acceptors (Lipinski definition) is 4. The Morgan fingerprint density at radius 1 is 1.44 bits per heavy atom. The summed E-state index contributed by atoms with van der Waals surface area (Å²) in [4.78, 5) is 26.5. The van der Waals surface area contributed by atoms with Crippen LogP contribution < -0.4 is 5.32 Å². The van der Waals surface area contributed by atoms with Crippen LogP contribution in [0, 0.1) is 0 Å². The van der Waals surface area contributed by atoms with Crippen molar-refractivity contribution < 1.29 is 27.9 Å². The second-order valence-corrected chi connectivity index (χ2v) is 5.60. The molecule has 0 saturated heterocycles. The van der Waals surface area contributed by atoms with Gasteiger partial charge in [-0.2, -0.15) is 13.2 Å². The van der Waals surface area contributed by atoms with Crippen molar-refractivity contribution in [3.8, 4) is 0 Å². The Labute approximate surface area is 142 Å². The lowest BCUT2D eigenvalue weighted by Gasteiger charge is -2.32. The van der Waals surface area contributed by atoms with Crippen molar-refractivity contribution in [2.24, 2.45) is 0 Å². The monoisotopic (exact) mass is 357 g/mol. The van der Waals surface area contributed by atoms with Gasteiger partial charge in [0.2, 0.25) is 5.78 Å². The highest BCUT2D eigenvalue weighted by atomic mass is 19.4. The van der Waals surface area contributed by atoms with Gasteiger partial charge in [-0.3, -0.25) is 4.79 Å². The molecule has 1 atom stereocenters. The number of carbonyl (C=O) groups is 2. The highest BCUT2D eigenvalue weighted by molar-refractivity contribution is 6.10. The van der Waals surface area contributed by atoms with Crippen molar-refractivity contribution in [1.82, 2.24) is 15.2 Å². The van der Waals surface area contributed by atoms with E-state index in [4.69, 9.17) is 9.90 Å². The molecule has 0 amide bonds. The smallest absolute Gasteiger partial charge is 0.475 e. The minimum Gasteiger partial charge on any atom is -0.475 e. The summed E-state index contributed by atoms with van der Waals surface area (Å²) in [5.74, 6) is -2.68. The molecule has 0 bridgehead atoms. The number of ketones is 1. The van der Waals surface area contributed by atoms with Crippen molar-refractivity contribution in [3.63, 3.8) is 0 Å². The number of carbonyl (C=O) groups excluding carboxylic acids is 1. The van der Waals surface area contributed by atoms with E-state index in [0.717, 1.165) is 29.8 Å². The van der Waals surface area contributed by atoms with Crippen molar-refractivity contribution >= 4 is 17.8 Å². The normalized spacial score (nSPS) is 18.1. The molecule has 1 aromatic heterocycles. The van der Waals surface area contributed by atoms with Gasteiger partial charge < -0.3 is 20.3 Å². The van der Waals surface area contributed by atoms with Crippen molar-refractivity contribution in [1.29, 1.82) is 0 Å². The van der Waals surface area contributed by atoms with Crippen molar-refractivity contribution in [2.75, 3.05) is 13.6 Å². The highest BCUT2D eigenvalue weighted by Gasteiger charge is 2.38. The zero-order valence-corrected chi connectivity index (χ0v) is 13.6. The molecule has 1 aliphatic heterocycles. The maximum absolute atomic E-state index is 12.3. The van der Waals surface area contributed by atoms with Gasteiger partial charge in [0.25, 0.3) is 0 Å². The van der Waals surface area contributed by atoms with Gasteiger partial charge in [-0.05, 0) is 24.1 Å². The summed E-state index contributed by atoms with van der Waals surface area (Å²) >= 11 is 0. The number of rotatable bonds is 3. The molecular weight excluding hydrogens is 339 g/mol. The van der Waals surface area contributed by atoms with Gasteiger partial charge in [-0.1, -0.05) is 6.92 Å². The van der Waals surface area contributed by atoms with Gasteiger partial charge in [0.05, 0.1) is 17.4 Å². The van der Waals surface area contributed by atoms with Crippen molar-refractivity contribution in [2.45, 2.75) is 25.6 Å². The third-order valence-corrected chi connectivity index (χ3v) is 3.78. The lowest BCUT2D eigenvalue weighted by atomic mass is 9.90. The first-order chi connectivity index (χ1) is 11.7. The van der Waals surface area contributed by atoms with E-state index in [9.17, 15) is 18.0 Å². The maximum atomic E-state index is 12.3. The predicted octanol–water partition coefficient (Wildman–Crippen LogP) is 2.69. The van der Waals surface area contributed by atoms with Crippen LogP contribution in [0.2, 0.25) is 0 Å². The molecule has 25 heavy (non-hydrogen) atoms. The number of Topliss-reactive ketones (excluding diaryl/α,β-unsaturated/α-hetero) is 1. The lowest BCUT2D eigenvalue weighted by Crippen LogP contribution is -2.31. The van der Waals surface area contributed by atoms with E-state index < -0.39 is 12.1 Å². The SMILES string of the molecule is CCCNC1=CC2c3c(c[nH]c3C1=O)C=CN2C.O=C(O)C(F)(F)F. The Hall–Kier alpha value is -2.71. The fourth-order valence-electron chi connectivity index (χ4n) is 2.56. The summed E-state index contributed by atoms with van der Waals surface area (Å²) in [7, 11) is 2.03. The zero-order valence-electron chi connectivity index (χ0n) is 13.6. The van der Waals surface area contributed by atoms with E-state index in [0.29, 0.717) is 5.70 Å². The van der Waals surface area contributed by atoms with Gasteiger partial charge in [0.1, 0.15) is 0 Å². The molecule has 136 valence electrons. The Morgan fingerprint density at radius 3 is 2.64 bits per heavy atom. The Bertz CT molecular complexity index is 735. The number of carboxylic acids is 1. The first-order valence-electron chi connectivity index (χ1n) is 7.58. The summed E-state index contributed by atoms with van der Waals surface area (Å²) in [5.41, 5.74) is 3.66. The highest BCUT2D eigenvalue weighted by Crippen LogP contribution is 2.37. The lowest BCUT2D eigenvalue weighted by molar-refractivity contribution is -0.192. The Kier molecular flexibility index (Phi) is 5.24. The number of aliphatic carboxylic acids is 1. The molecular formula is C16H18F3N3O3. The van der Waals surface area contributed by atoms with E-state index in [2.05, 4.69) is 22.1 Å². The second kappa shape index (κ2) is 7.04. The standard InChI is InChI=1S/C14H17N3O.C2HF3O2/c1-3-5-15-10-7-11-12-9(4-6-17(11)2)8-16-13(12)14(10)18;3-2(4,5)1(6)7/h4,6-8,11,15-16H,3,5H2,1-2H3;(H,6,7).